The van der Waals surface area contributed by atoms with Gasteiger partial charge in [0.1, 0.15) is 0 Å². The molecule has 1 aliphatic rings. The minimum atomic E-state index is -0.414. The average Bonchev–Trinajstić information content (AvgIpc) is 3.23. The van der Waals surface area contributed by atoms with Crippen LogP contribution in [-0.4, -0.2) is 37.5 Å². The molecule has 0 saturated heterocycles. The van der Waals surface area contributed by atoms with Crippen LogP contribution in [0.4, 0.5) is 11.6 Å². The molecule has 0 fully saturated rings. The first-order valence-electron chi connectivity index (χ1n) is 10.5. The van der Waals surface area contributed by atoms with E-state index in [1.165, 1.54) is 11.6 Å². The number of anilines is 2. The Kier molecular flexibility index (Phi) is 5.26. The van der Waals surface area contributed by atoms with E-state index < -0.39 is 5.69 Å². The molecule has 1 N–H and O–H groups in total. The number of nitrogens with one attached hydrogen (secondary N) is 1. The first-order chi connectivity index (χ1) is 15.9. The third kappa shape index (κ3) is 3.70. The van der Waals surface area contributed by atoms with E-state index in [0.717, 1.165) is 21.5 Å². The first kappa shape index (κ1) is 21.0. The Hall–Kier alpha value is -3.85. The summed E-state index contributed by atoms with van der Waals surface area (Å²) in [7, 11) is 3.10. The summed E-state index contributed by atoms with van der Waals surface area (Å²) in [6.45, 7) is 1.45. The van der Waals surface area contributed by atoms with Gasteiger partial charge in [-0.2, -0.15) is 10.1 Å². The van der Waals surface area contributed by atoms with Crippen molar-refractivity contribution in [2.75, 3.05) is 23.4 Å². The van der Waals surface area contributed by atoms with Crippen molar-refractivity contribution in [2.45, 2.75) is 6.54 Å². The monoisotopic (exact) mass is 463 g/mol. The fraction of sp³-hybridized carbons (Fsp3) is 0.217. The van der Waals surface area contributed by atoms with Gasteiger partial charge < -0.3 is 5.32 Å². The number of hydrogen-bond acceptors (Lipinski definition) is 6. The Balaban J connectivity index is 1.56. The number of hydrogen-bond donors (Lipinski definition) is 1. The zero-order chi connectivity index (χ0) is 23.1. The number of hydrazone groups is 1. The van der Waals surface area contributed by atoms with Crippen molar-refractivity contribution in [2.24, 2.45) is 19.2 Å². The molecule has 0 spiro atoms. The number of fused-ring (bicyclic) bond motifs is 3. The molecule has 3 heterocycles. The molecule has 0 radical (unpaired) electrons. The summed E-state index contributed by atoms with van der Waals surface area (Å²) in [5.74, 6) is 0.529. The fourth-order valence-corrected chi connectivity index (χ4v) is 4.08. The molecule has 9 nitrogen and oxygen atoms in total. The molecule has 168 valence electrons. The number of rotatable bonds is 5. The maximum Gasteiger partial charge on any atom is 0.332 e. The van der Waals surface area contributed by atoms with Crippen LogP contribution in [0.15, 0.2) is 69.3 Å². The van der Waals surface area contributed by atoms with E-state index in [-0.39, 0.29) is 5.56 Å². The van der Waals surface area contributed by atoms with Gasteiger partial charge in [0.25, 0.3) is 5.56 Å². The highest BCUT2D eigenvalue weighted by Crippen LogP contribution is 2.25. The van der Waals surface area contributed by atoms with Crippen molar-refractivity contribution in [3.05, 3.63) is 86.0 Å². The topological polar surface area (TPSA) is 89.4 Å². The second kappa shape index (κ2) is 8.25. The van der Waals surface area contributed by atoms with E-state index in [2.05, 4.69) is 10.3 Å². The van der Waals surface area contributed by atoms with Crippen LogP contribution < -0.4 is 21.6 Å². The van der Waals surface area contributed by atoms with Crippen LogP contribution >= 0.6 is 11.6 Å². The van der Waals surface area contributed by atoms with E-state index >= 15 is 0 Å². The standard InChI is InChI=1S/C23H22ClN7O2/c1-28-20-19(21(32)29(2)23(28)33)30-14-18(15-6-4-3-5-7-15)27-31(22(30)26-20)13-12-25-17-10-8-16(24)9-11-17/h3-11,25H,12-14H2,1-2H3. The summed E-state index contributed by atoms with van der Waals surface area (Å²) in [5, 5.41) is 10.7. The third-order valence-corrected chi connectivity index (χ3v) is 5.96. The average molecular weight is 464 g/mol. The molecule has 4 aromatic rings. The molecule has 5 rings (SSSR count). The highest BCUT2D eigenvalue weighted by Gasteiger charge is 2.27. The van der Waals surface area contributed by atoms with Gasteiger partial charge in [0.15, 0.2) is 11.2 Å². The molecule has 33 heavy (non-hydrogen) atoms. The Bertz CT molecular complexity index is 1480. The minimum Gasteiger partial charge on any atom is -0.383 e. The molecule has 1 aliphatic heterocycles. The van der Waals surface area contributed by atoms with Gasteiger partial charge in [0, 0.05) is 31.4 Å². The number of nitrogens with zero attached hydrogens (tertiary/aromatic N) is 6. The molecular formula is C23H22ClN7O2. The van der Waals surface area contributed by atoms with Crippen LogP contribution in [0.1, 0.15) is 5.56 Å². The van der Waals surface area contributed by atoms with Crippen LogP contribution in [0.25, 0.3) is 11.2 Å². The number of benzene rings is 2. The zero-order valence-electron chi connectivity index (χ0n) is 18.2. The van der Waals surface area contributed by atoms with Crippen molar-refractivity contribution in [3.8, 4) is 0 Å². The van der Waals surface area contributed by atoms with Gasteiger partial charge in [-0.25, -0.2) is 9.80 Å². The molecule has 0 saturated carbocycles. The first-order valence-corrected chi connectivity index (χ1v) is 10.9. The van der Waals surface area contributed by atoms with Crippen LogP contribution in [0.2, 0.25) is 5.02 Å². The molecule has 0 amide bonds. The minimum absolute atomic E-state index is 0.346. The maximum atomic E-state index is 13.0. The Morgan fingerprint density at radius 1 is 1.00 bits per heavy atom. The second-order valence-corrected chi connectivity index (χ2v) is 8.28. The van der Waals surface area contributed by atoms with Gasteiger partial charge in [-0.05, 0) is 29.8 Å². The van der Waals surface area contributed by atoms with Crippen LogP contribution in [0, 0.1) is 0 Å². The predicted octanol–water partition coefficient (Wildman–Crippen LogP) is 2.42. The number of imidazole rings is 1. The number of aryl methyl sites for hydroxylation is 1. The number of halogens is 1. The highest BCUT2D eigenvalue weighted by molar-refractivity contribution is 6.30. The van der Waals surface area contributed by atoms with E-state index in [1.54, 1.807) is 12.1 Å². The Morgan fingerprint density at radius 2 is 1.73 bits per heavy atom. The lowest BCUT2D eigenvalue weighted by atomic mass is 10.1. The highest BCUT2D eigenvalue weighted by atomic mass is 35.5. The summed E-state index contributed by atoms with van der Waals surface area (Å²) in [4.78, 5) is 30.1. The van der Waals surface area contributed by atoms with Crippen LogP contribution in [-0.2, 0) is 20.6 Å². The van der Waals surface area contributed by atoms with Gasteiger partial charge in [0.05, 0.1) is 18.8 Å². The van der Waals surface area contributed by atoms with Crippen molar-refractivity contribution in [1.29, 1.82) is 0 Å². The van der Waals surface area contributed by atoms with Gasteiger partial charge in [0.2, 0.25) is 5.95 Å². The molecule has 0 unspecified atom stereocenters. The third-order valence-electron chi connectivity index (χ3n) is 5.71. The Morgan fingerprint density at radius 3 is 2.45 bits per heavy atom. The van der Waals surface area contributed by atoms with E-state index in [9.17, 15) is 9.59 Å². The second-order valence-electron chi connectivity index (χ2n) is 7.85. The molecule has 0 atom stereocenters. The normalized spacial score (nSPS) is 13.2. The lowest BCUT2D eigenvalue weighted by molar-refractivity contribution is 0.700. The summed E-state index contributed by atoms with van der Waals surface area (Å²) in [6, 6.07) is 17.3. The van der Waals surface area contributed by atoms with Crippen molar-refractivity contribution < 1.29 is 0 Å². The lowest BCUT2D eigenvalue weighted by Gasteiger charge is -2.26. The van der Waals surface area contributed by atoms with Gasteiger partial charge in [-0.3, -0.25) is 18.5 Å². The molecule has 2 aromatic carbocycles. The SMILES string of the molecule is Cn1c(=O)c2c(nc3n2CC(c2ccccc2)=NN3CCNc2ccc(Cl)cc2)n(C)c1=O. The van der Waals surface area contributed by atoms with E-state index in [0.29, 0.717) is 41.8 Å². The zero-order valence-corrected chi connectivity index (χ0v) is 19.0. The largest absolute Gasteiger partial charge is 0.383 e. The molecule has 0 aliphatic carbocycles. The maximum absolute atomic E-state index is 13.0. The van der Waals surface area contributed by atoms with Crippen LogP contribution in [0.3, 0.4) is 0 Å². The molecule has 2 aromatic heterocycles. The molecule has 0 bridgehead atoms. The molecule has 10 heteroatoms. The van der Waals surface area contributed by atoms with E-state index in [1.807, 2.05) is 59.2 Å². The Labute approximate surface area is 194 Å². The number of aromatic nitrogens is 4. The van der Waals surface area contributed by atoms with Crippen molar-refractivity contribution in [1.82, 2.24) is 18.7 Å². The van der Waals surface area contributed by atoms with Gasteiger partial charge >= 0.3 is 5.69 Å². The summed E-state index contributed by atoms with van der Waals surface area (Å²) in [6.07, 6.45) is 0. The van der Waals surface area contributed by atoms with Crippen molar-refractivity contribution >= 4 is 40.1 Å². The smallest absolute Gasteiger partial charge is 0.332 e. The van der Waals surface area contributed by atoms with Gasteiger partial charge in [-0.15, -0.1) is 0 Å². The molecular weight excluding hydrogens is 442 g/mol. The summed E-state index contributed by atoms with van der Waals surface area (Å²) >= 11 is 5.97. The lowest BCUT2D eigenvalue weighted by Crippen LogP contribution is -2.38. The summed E-state index contributed by atoms with van der Waals surface area (Å²) in [5.41, 5.74) is 2.65. The van der Waals surface area contributed by atoms with Crippen molar-refractivity contribution in [3.63, 3.8) is 0 Å². The quantitative estimate of drug-likeness (QED) is 0.491. The van der Waals surface area contributed by atoms with E-state index in [4.69, 9.17) is 16.7 Å². The fourth-order valence-electron chi connectivity index (χ4n) is 3.96. The predicted molar refractivity (Wildman–Crippen MR) is 130 cm³/mol. The van der Waals surface area contributed by atoms with Crippen LogP contribution in [0.5, 0.6) is 0 Å². The summed E-state index contributed by atoms with van der Waals surface area (Å²) < 4.78 is 4.35. The van der Waals surface area contributed by atoms with Gasteiger partial charge in [-0.1, -0.05) is 41.9 Å².